The molecule has 0 spiro atoms. The summed E-state index contributed by atoms with van der Waals surface area (Å²) in [5.41, 5.74) is 0. The smallest absolute Gasteiger partial charge is 0.0348 e. The second kappa shape index (κ2) is 26.2. The second-order valence-corrected chi connectivity index (χ2v) is 8.55. The van der Waals surface area contributed by atoms with Crippen molar-refractivity contribution in [3.8, 4) is 0 Å². The third-order valence-corrected chi connectivity index (χ3v) is 5.72. The SMILES string of the molecule is C=C/C=C/C=C/CCCCCCCCCCCCCCCCCCCCCC. The molecular formula is C28H52. The van der Waals surface area contributed by atoms with E-state index in [1.807, 2.05) is 12.2 Å². The van der Waals surface area contributed by atoms with Gasteiger partial charge in [0, 0.05) is 0 Å². The topological polar surface area (TPSA) is 0 Å². The van der Waals surface area contributed by atoms with E-state index in [1.54, 1.807) is 0 Å². The van der Waals surface area contributed by atoms with Crippen LogP contribution in [-0.2, 0) is 0 Å². The first-order chi connectivity index (χ1) is 13.9. The molecule has 0 amide bonds. The molecule has 28 heavy (non-hydrogen) atoms. The van der Waals surface area contributed by atoms with E-state index in [0.717, 1.165) is 0 Å². The average molecular weight is 389 g/mol. The van der Waals surface area contributed by atoms with Gasteiger partial charge in [0.15, 0.2) is 0 Å². The molecule has 0 aromatic rings. The van der Waals surface area contributed by atoms with Gasteiger partial charge in [-0.05, 0) is 12.8 Å². The van der Waals surface area contributed by atoms with Crippen LogP contribution in [0.1, 0.15) is 142 Å². The third kappa shape index (κ3) is 25.2. The molecule has 0 bridgehead atoms. The first-order valence-electron chi connectivity index (χ1n) is 12.9. The molecule has 0 aliphatic rings. The Kier molecular flexibility index (Phi) is 25.5. The zero-order valence-electron chi connectivity index (χ0n) is 19.4. The summed E-state index contributed by atoms with van der Waals surface area (Å²) in [7, 11) is 0. The molecule has 0 aliphatic heterocycles. The van der Waals surface area contributed by atoms with Crippen LogP contribution in [0.4, 0.5) is 0 Å². The van der Waals surface area contributed by atoms with Gasteiger partial charge in [0.2, 0.25) is 0 Å². The van der Waals surface area contributed by atoms with Crippen molar-refractivity contribution in [2.24, 2.45) is 0 Å². The van der Waals surface area contributed by atoms with Gasteiger partial charge in [-0.15, -0.1) is 0 Å². The molecule has 0 nitrogen and oxygen atoms in total. The van der Waals surface area contributed by atoms with E-state index >= 15 is 0 Å². The first-order valence-corrected chi connectivity index (χ1v) is 12.9. The standard InChI is InChI=1S/C28H52/c1-3-5-7-9-11-13-15-17-19-21-23-25-27-28-26-24-22-20-18-16-14-12-10-8-6-4-2/h3,5,7,9,11H,1,4,6,8,10,12-28H2,2H3/b7-5+,11-9+. The fourth-order valence-electron chi connectivity index (χ4n) is 3.83. The van der Waals surface area contributed by atoms with Gasteiger partial charge >= 0.3 is 0 Å². The Morgan fingerprint density at radius 3 is 1.14 bits per heavy atom. The fourth-order valence-corrected chi connectivity index (χ4v) is 3.83. The summed E-state index contributed by atoms with van der Waals surface area (Å²) in [5.74, 6) is 0. The van der Waals surface area contributed by atoms with Crippen LogP contribution < -0.4 is 0 Å². The molecule has 0 aromatic heterocycles. The van der Waals surface area contributed by atoms with Gasteiger partial charge in [-0.1, -0.05) is 166 Å². The summed E-state index contributed by atoms with van der Waals surface area (Å²) < 4.78 is 0. The Morgan fingerprint density at radius 2 is 0.786 bits per heavy atom. The van der Waals surface area contributed by atoms with E-state index in [-0.39, 0.29) is 0 Å². The Hall–Kier alpha value is -0.780. The summed E-state index contributed by atoms with van der Waals surface area (Å²) in [5, 5.41) is 0. The number of allylic oxidation sites excluding steroid dienone is 5. The van der Waals surface area contributed by atoms with Crippen molar-refractivity contribution in [3.63, 3.8) is 0 Å². The monoisotopic (exact) mass is 388 g/mol. The summed E-state index contributed by atoms with van der Waals surface area (Å²) in [6, 6.07) is 0. The highest BCUT2D eigenvalue weighted by Crippen LogP contribution is 2.15. The van der Waals surface area contributed by atoms with E-state index in [1.165, 1.54) is 135 Å². The van der Waals surface area contributed by atoms with Crippen molar-refractivity contribution in [3.05, 3.63) is 37.0 Å². The van der Waals surface area contributed by atoms with Gasteiger partial charge in [-0.25, -0.2) is 0 Å². The van der Waals surface area contributed by atoms with Gasteiger partial charge in [-0.3, -0.25) is 0 Å². The molecule has 0 fully saturated rings. The molecule has 0 rings (SSSR count). The highest BCUT2D eigenvalue weighted by molar-refractivity contribution is 5.08. The zero-order chi connectivity index (χ0) is 20.4. The molecule has 0 saturated heterocycles. The number of hydrogen-bond donors (Lipinski definition) is 0. The Balaban J connectivity index is 3.04. The van der Waals surface area contributed by atoms with Gasteiger partial charge in [0.05, 0.1) is 0 Å². The molecule has 0 unspecified atom stereocenters. The van der Waals surface area contributed by atoms with Gasteiger partial charge < -0.3 is 0 Å². The maximum Gasteiger partial charge on any atom is -0.0348 e. The van der Waals surface area contributed by atoms with Crippen molar-refractivity contribution in [1.82, 2.24) is 0 Å². The molecule has 0 aromatic carbocycles. The van der Waals surface area contributed by atoms with Crippen LogP contribution in [-0.4, -0.2) is 0 Å². The third-order valence-electron chi connectivity index (χ3n) is 5.72. The van der Waals surface area contributed by atoms with E-state index in [4.69, 9.17) is 0 Å². The maximum absolute atomic E-state index is 3.67. The Morgan fingerprint density at radius 1 is 0.429 bits per heavy atom. The maximum atomic E-state index is 3.67. The van der Waals surface area contributed by atoms with Crippen molar-refractivity contribution in [2.75, 3.05) is 0 Å². The lowest BCUT2D eigenvalue weighted by molar-refractivity contribution is 0.522. The van der Waals surface area contributed by atoms with E-state index < -0.39 is 0 Å². The highest BCUT2D eigenvalue weighted by atomic mass is 14.0. The minimum atomic E-state index is 1.22. The molecule has 164 valence electrons. The van der Waals surface area contributed by atoms with Gasteiger partial charge in [0.1, 0.15) is 0 Å². The van der Waals surface area contributed by atoms with Crippen molar-refractivity contribution in [1.29, 1.82) is 0 Å². The lowest BCUT2D eigenvalue weighted by Gasteiger charge is -2.04. The summed E-state index contributed by atoms with van der Waals surface area (Å²) in [6.45, 7) is 5.97. The lowest BCUT2D eigenvalue weighted by Crippen LogP contribution is -1.84. The molecule has 0 N–H and O–H groups in total. The van der Waals surface area contributed by atoms with Crippen molar-refractivity contribution in [2.45, 2.75) is 142 Å². The predicted molar refractivity (Wildman–Crippen MR) is 131 cm³/mol. The largest absolute Gasteiger partial charge is 0.0991 e. The van der Waals surface area contributed by atoms with Crippen LogP contribution in [0.25, 0.3) is 0 Å². The summed E-state index contributed by atoms with van der Waals surface area (Å²) >= 11 is 0. The van der Waals surface area contributed by atoms with Crippen LogP contribution in [0.3, 0.4) is 0 Å². The van der Waals surface area contributed by atoms with Crippen molar-refractivity contribution >= 4 is 0 Å². The molecule has 0 heteroatoms. The number of rotatable bonds is 23. The van der Waals surface area contributed by atoms with Gasteiger partial charge in [-0.2, -0.15) is 0 Å². The predicted octanol–water partition coefficient (Wildman–Crippen LogP) is 10.5. The number of unbranched alkanes of at least 4 members (excludes halogenated alkanes) is 20. The Bertz CT molecular complexity index is 336. The van der Waals surface area contributed by atoms with E-state index in [9.17, 15) is 0 Å². The van der Waals surface area contributed by atoms with Crippen LogP contribution in [0.15, 0.2) is 37.0 Å². The first kappa shape index (κ1) is 27.2. The van der Waals surface area contributed by atoms with Crippen molar-refractivity contribution < 1.29 is 0 Å². The molecule has 0 heterocycles. The van der Waals surface area contributed by atoms with E-state index in [2.05, 4.69) is 31.7 Å². The molecule has 0 radical (unpaired) electrons. The second-order valence-electron chi connectivity index (χ2n) is 8.55. The lowest BCUT2D eigenvalue weighted by atomic mass is 10.0. The Labute approximate surface area is 179 Å². The van der Waals surface area contributed by atoms with Crippen LogP contribution in [0.5, 0.6) is 0 Å². The van der Waals surface area contributed by atoms with E-state index in [0.29, 0.717) is 0 Å². The average Bonchev–Trinajstić information content (AvgIpc) is 2.71. The molecule has 0 atom stereocenters. The minimum absolute atomic E-state index is 1.22. The highest BCUT2D eigenvalue weighted by Gasteiger charge is 1.95. The number of hydrogen-bond acceptors (Lipinski definition) is 0. The van der Waals surface area contributed by atoms with Gasteiger partial charge in [0.25, 0.3) is 0 Å². The van der Waals surface area contributed by atoms with Crippen LogP contribution >= 0.6 is 0 Å². The fraction of sp³-hybridized carbons (Fsp3) is 0.786. The van der Waals surface area contributed by atoms with Crippen LogP contribution in [0, 0.1) is 0 Å². The normalized spacial score (nSPS) is 11.8. The quantitative estimate of drug-likeness (QED) is 0.121. The summed E-state index contributed by atoms with van der Waals surface area (Å²) in [4.78, 5) is 0. The summed E-state index contributed by atoms with van der Waals surface area (Å²) in [6.07, 6.45) is 40.5. The molecular weight excluding hydrogens is 336 g/mol. The minimum Gasteiger partial charge on any atom is -0.0991 e. The molecule has 0 aliphatic carbocycles. The zero-order valence-corrected chi connectivity index (χ0v) is 19.4. The molecule has 0 saturated carbocycles. The van der Waals surface area contributed by atoms with Crippen LogP contribution in [0.2, 0.25) is 0 Å².